The van der Waals surface area contributed by atoms with E-state index in [2.05, 4.69) is 10.3 Å². The molecule has 1 saturated carbocycles. The van der Waals surface area contributed by atoms with Crippen LogP contribution in [0, 0.1) is 0 Å². The highest BCUT2D eigenvalue weighted by Gasteiger charge is 2.16. The SMILES string of the molecule is CCOCCn1c(=NC(=O)CSCC(=O)NC2CCCCC2)sc2cc(OCC)ccc21. The Balaban J connectivity index is 1.64. The summed E-state index contributed by atoms with van der Waals surface area (Å²) < 4.78 is 14.2. The number of nitrogens with zero attached hydrogens (tertiary/aromatic N) is 2. The predicted molar refractivity (Wildman–Crippen MR) is 130 cm³/mol. The van der Waals surface area contributed by atoms with Crippen molar-refractivity contribution in [3.05, 3.63) is 23.0 Å². The van der Waals surface area contributed by atoms with E-state index in [-0.39, 0.29) is 23.3 Å². The number of amides is 2. The number of thioether (sulfide) groups is 1. The van der Waals surface area contributed by atoms with Crippen molar-refractivity contribution in [2.75, 3.05) is 31.3 Å². The van der Waals surface area contributed by atoms with Crippen molar-refractivity contribution in [2.45, 2.75) is 58.5 Å². The number of aromatic nitrogens is 1. The van der Waals surface area contributed by atoms with Crippen LogP contribution < -0.4 is 14.9 Å². The maximum absolute atomic E-state index is 12.5. The fourth-order valence-electron chi connectivity index (χ4n) is 3.80. The highest BCUT2D eigenvalue weighted by molar-refractivity contribution is 8.00. The molecule has 32 heavy (non-hydrogen) atoms. The number of thiazole rings is 1. The minimum atomic E-state index is -0.234. The van der Waals surface area contributed by atoms with Gasteiger partial charge in [0.05, 0.1) is 34.9 Å². The summed E-state index contributed by atoms with van der Waals surface area (Å²) in [5.41, 5.74) is 1.00. The van der Waals surface area contributed by atoms with Gasteiger partial charge < -0.3 is 19.4 Å². The molecule has 176 valence electrons. The van der Waals surface area contributed by atoms with Crippen LogP contribution in [0.3, 0.4) is 0 Å². The molecule has 3 rings (SSSR count). The number of nitrogens with one attached hydrogen (secondary N) is 1. The van der Waals surface area contributed by atoms with Crippen LogP contribution >= 0.6 is 23.1 Å². The molecule has 1 heterocycles. The molecule has 9 heteroatoms. The lowest BCUT2D eigenvalue weighted by atomic mass is 9.95. The third-order valence-corrected chi connectivity index (χ3v) is 7.24. The van der Waals surface area contributed by atoms with Gasteiger partial charge in [-0.1, -0.05) is 30.6 Å². The van der Waals surface area contributed by atoms with Crippen LogP contribution in [-0.4, -0.2) is 53.7 Å². The van der Waals surface area contributed by atoms with Gasteiger partial charge in [-0.05, 0) is 44.9 Å². The highest BCUT2D eigenvalue weighted by Crippen LogP contribution is 2.23. The molecule has 0 spiro atoms. The van der Waals surface area contributed by atoms with Crippen LogP contribution in [0.5, 0.6) is 5.75 Å². The molecule has 0 unspecified atom stereocenters. The number of fused-ring (bicyclic) bond motifs is 1. The molecule has 0 radical (unpaired) electrons. The molecule has 0 bridgehead atoms. The summed E-state index contributed by atoms with van der Waals surface area (Å²) in [5, 5.41) is 3.08. The number of rotatable bonds is 11. The lowest BCUT2D eigenvalue weighted by Gasteiger charge is -2.22. The largest absolute Gasteiger partial charge is 0.494 e. The van der Waals surface area contributed by atoms with Crippen molar-refractivity contribution in [1.82, 2.24) is 9.88 Å². The average Bonchev–Trinajstić information content (AvgIpc) is 3.11. The van der Waals surface area contributed by atoms with Gasteiger partial charge in [-0.2, -0.15) is 4.99 Å². The van der Waals surface area contributed by atoms with Gasteiger partial charge >= 0.3 is 0 Å². The van der Waals surface area contributed by atoms with Gasteiger partial charge in [0.15, 0.2) is 4.80 Å². The van der Waals surface area contributed by atoms with Gasteiger partial charge in [-0.25, -0.2) is 0 Å². The fraction of sp³-hybridized carbons (Fsp3) is 0.609. The molecule has 1 fully saturated rings. The summed E-state index contributed by atoms with van der Waals surface area (Å²) in [6, 6.07) is 6.20. The molecule has 0 atom stereocenters. The second-order valence-electron chi connectivity index (χ2n) is 7.70. The molecule has 0 saturated heterocycles. The Bertz CT molecular complexity index is 964. The number of benzene rings is 1. The van der Waals surface area contributed by atoms with E-state index >= 15 is 0 Å². The van der Waals surface area contributed by atoms with Crippen LogP contribution in [0.15, 0.2) is 23.2 Å². The van der Waals surface area contributed by atoms with Crippen molar-refractivity contribution >= 4 is 45.1 Å². The van der Waals surface area contributed by atoms with Crippen molar-refractivity contribution < 1.29 is 19.1 Å². The maximum atomic E-state index is 12.5. The van der Waals surface area contributed by atoms with Gasteiger partial charge in [0.25, 0.3) is 5.91 Å². The Morgan fingerprint density at radius 3 is 2.75 bits per heavy atom. The summed E-state index contributed by atoms with van der Waals surface area (Å²) in [5.74, 6) is 1.04. The van der Waals surface area contributed by atoms with Crippen LogP contribution in [0.2, 0.25) is 0 Å². The average molecular weight is 480 g/mol. The molecule has 1 aliphatic rings. The first-order valence-electron chi connectivity index (χ1n) is 11.4. The molecule has 2 amide bonds. The highest BCUT2D eigenvalue weighted by atomic mass is 32.2. The van der Waals surface area contributed by atoms with Gasteiger partial charge in [0.2, 0.25) is 5.91 Å². The third kappa shape index (κ3) is 7.35. The third-order valence-electron chi connectivity index (χ3n) is 5.28. The molecule has 2 aromatic rings. The fourth-order valence-corrected chi connectivity index (χ4v) is 5.51. The molecule has 1 aromatic heterocycles. The molecular formula is C23H33N3O4S2. The number of carbonyl (C=O) groups excluding carboxylic acids is 2. The zero-order valence-corrected chi connectivity index (χ0v) is 20.6. The molecule has 1 N–H and O–H groups in total. The smallest absolute Gasteiger partial charge is 0.258 e. The Morgan fingerprint density at radius 2 is 2.00 bits per heavy atom. The number of carbonyl (C=O) groups is 2. The van der Waals surface area contributed by atoms with Gasteiger partial charge in [0.1, 0.15) is 5.75 Å². The standard InChI is InChI=1S/C23H33N3O4S2/c1-3-29-13-12-26-19-11-10-18(30-4-2)14-20(19)32-23(26)25-22(28)16-31-15-21(27)24-17-8-6-5-7-9-17/h10-11,14,17H,3-9,12-13,15-16H2,1-2H3,(H,24,27). The van der Waals surface area contributed by atoms with E-state index in [9.17, 15) is 9.59 Å². The monoisotopic (exact) mass is 479 g/mol. The van der Waals surface area contributed by atoms with E-state index in [1.165, 1.54) is 42.4 Å². The summed E-state index contributed by atoms with van der Waals surface area (Å²) in [6.45, 7) is 6.32. The van der Waals surface area contributed by atoms with E-state index in [0.717, 1.165) is 28.8 Å². The van der Waals surface area contributed by atoms with Gasteiger partial charge in [-0.15, -0.1) is 11.8 Å². The molecule has 7 nitrogen and oxygen atoms in total. The van der Waals surface area contributed by atoms with Crippen molar-refractivity contribution in [3.8, 4) is 5.75 Å². The molecule has 1 aliphatic carbocycles. The van der Waals surface area contributed by atoms with E-state index in [0.29, 0.717) is 37.2 Å². The first kappa shape index (κ1) is 24.8. The van der Waals surface area contributed by atoms with Crippen LogP contribution in [0.4, 0.5) is 0 Å². The zero-order valence-electron chi connectivity index (χ0n) is 18.9. The van der Waals surface area contributed by atoms with Gasteiger partial charge in [-0.3, -0.25) is 9.59 Å². The molecule has 0 aliphatic heterocycles. The molecule has 1 aromatic carbocycles. The summed E-state index contributed by atoms with van der Waals surface area (Å²) in [6.07, 6.45) is 5.74. The Kier molecular flexibility index (Phi) is 10.1. The first-order chi connectivity index (χ1) is 15.6. The van der Waals surface area contributed by atoms with E-state index in [1.54, 1.807) is 0 Å². The van der Waals surface area contributed by atoms with Crippen molar-refractivity contribution in [2.24, 2.45) is 4.99 Å². The quantitative estimate of drug-likeness (QED) is 0.497. The zero-order chi connectivity index (χ0) is 22.8. The van der Waals surface area contributed by atoms with E-state index in [4.69, 9.17) is 9.47 Å². The lowest BCUT2D eigenvalue weighted by Crippen LogP contribution is -2.37. The molecular weight excluding hydrogens is 446 g/mol. The lowest BCUT2D eigenvalue weighted by molar-refractivity contribution is -0.119. The predicted octanol–water partition coefficient (Wildman–Crippen LogP) is 3.75. The maximum Gasteiger partial charge on any atom is 0.258 e. The topological polar surface area (TPSA) is 81.9 Å². The van der Waals surface area contributed by atoms with Crippen LogP contribution in [-0.2, 0) is 20.9 Å². The van der Waals surface area contributed by atoms with E-state index < -0.39 is 0 Å². The summed E-state index contributed by atoms with van der Waals surface area (Å²) >= 11 is 2.78. The minimum Gasteiger partial charge on any atom is -0.494 e. The Labute approximate surface area is 197 Å². The van der Waals surface area contributed by atoms with Gasteiger partial charge in [0, 0.05) is 19.2 Å². The summed E-state index contributed by atoms with van der Waals surface area (Å²) in [7, 11) is 0. The Hall–Kier alpha value is -1.84. The minimum absolute atomic E-state index is 0.00629. The second kappa shape index (κ2) is 13.0. The van der Waals surface area contributed by atoms with Crippen molar-refractivity contribution in [3.63, 3.8) is 0 Å². The first-order valence-corrected chi connectivity index (χ1v) is 13.4. The van der Waals surface area contributed by atoms with Crippen LogP contribution in [0.25, 0.3) is 10.2 Å². The second-order valence-corrected chi connectivity index (χ2v) is 9.69. The Morgan fingerprint density at radius 1 is 1.19 bits per heavy atom. The number of ether oxygens (including phenoxy) is 2. The van der Waals surface area contributed by atoms with E-state index in [1.807, 2.05) is 36.6 Å². The number of hydrogen-bond acceptors (Lipinski definition) is 6. The summed E-state index contributed by atoms with van der Waals surface area (Å²) in [4.78, 5) is 29.7. The van der Waals surface area contributed by atoms with Crippen molar-refractivity contribution in [1.29, 1.82) is 0 Å². The normalized spacial score (nSPS) is 15.2. The number of hydrogen-bond donors (Lipinski definition) is 1. The van der Waals surface area contributed by atoms with Crippen LogP contribution in [0.1, 0.15) is 46.0 Å².